The van der Waals surface area contributed by atoms with Gasteiger partial charge in [-0.3, -0.25) is 9.78 Å². The minimum absolute atomic E-state index is 0.111. The molecule has 0 atom stereocenters. The molecule has 0 unspecified atom stereocenters. The number of rotatable bonds is 5. The lowest BCUT2D eigenvalue weighted by Gasteiger charge is -2.19. The number of para-hydroxylation sites is 1. The lowest BCUT2D eigenvalue weighted by atomic mass is 10.2. The van der Waals surface area contributed by atoms with Gasteiger partial charge in [-0.25, -0.2) is 0 Å². The zero-order valence-corrected chi connectivity index (χ0v) is 12.8. The maximum atomic E-state index is 11.9. The van der Waals surface area contributed by atoms with Crippen LogP contribution in [0.5, 0.6) is 0 Å². The summed E-state index contributed by atoms with van der Waals surface area (Å²) >= 11 is 3.30. The van der Waals surface area contributed by atoms with Gasteiger partial charge in [0.2, 0.25) is 0 Å². The third kappa shape index (κ3) is 4.06. The molecule has 0 aliphatic heterocycles. The van der Waals surface area contributed by atoms with Crippen molar-refractivity contribution in [1.82, 2.24) is 10.3 Å². The van der Waals surface area contributed by atoms with Crippen molar-refractivity contribution in [2.45, 2.75) is 0 Å². The highest BCUT2D eigenvalue weighted by atomic mass is 79.9. The van der Waals surface area contributed by atoms with Crippen LogP contribution in [-0.4, -0.2) is 31.0 Å². The van der Waals surface area contributed by atoms with Gasteiger partial charge in [-0.2, -0.15) is 0 Å². The molecule has 0 aliphatic carbocycles. The molecule has 20 heavy (non-hydrogen) atoms. The minimum atomic E-state index is -0.111. The Morgan fingerprint density at radius 3 is 2.75 bits per heavy atom. The second kappa shape index (κ2) is 7.05. The lowest BCUT2D eigenvalue weighted by molar-refractivity contribution is 0.0954. The summed E-state index contributed by atoms with van der Waals surface area (Å²) in [6, 6.07) is 11.8. The quantitative estimate of drug-likeness (QED) is 0.914. The van der Waals surface area contributed by atoms with Crippen LogP contribution < -0.4 is 10.2 Å². The summed E-state index contributed by atoms with van der Waals surface area (Å²) in [7, 11) is 2.00. The fourth-order valence-electron chi connectivity index (χ4n) is 1.79. The monoisotopic (exact) mass is 333 g/mol. The van der Waals surface area contributed by atoms with E-state index < -0.39 is 0 Å². The Labute approximate surface area is 127 Å². The first-order chi connectivity index (χ1) is 9.66. The van der Waals surface area contributed by atoms with Crippen LogP contribution >= 0.6 is 15.9 Å². The SMILES string of the molecule is CN(CCNC(=O)c1cncc(Br)c1)c1ccccc1. The number of likely N-dealkylation sites (N-methyl/N-ethyl adjacent to an activating group) is 1. The Morgan fingerprint density at radius 2 is 2.05 bits per heavy atom. The average Bonchev–Trinajstić information content (AvgIpc) is 2.48. The van der Waals surface area contributed by atoms with Gasteiger partial charge in [0.15, 0.2) is 0 Å². The van der Waals surface area contributed by atoms with Crippen molar-refractivity contribution in [2.24, 2.45) is 0 Å². The van der Waals surface area contributed by atoms with Crippen molar-refractivity contribution < 1.29 is 4.79 Å². The minimum Gasteiger partial charge on any atom is -0.373 e. The third-order valence-corrected chi connectivity index (χ3v) is 3.33. The second-order valence-electron chi connectivity index (χ2n) is 4.40. The van der Waals surface area contributed by atoms with E-state index in [1.165, 1.54) is 0 Å². The zero-order chi connectivity index (χ0) is 14.4. The van der Waals surface area contributed by atoms with Gasteiger partial charge in [0, 0.05) is 42.7 Å². The van der Waals surface area contributed by atoms with Crippen molar-refractivity contribution in [3.63, 3.8) is 0 Å². The molecule has 0 radical (unpaired) electrons. The van der Waals surface area contributed by atoms with E-state index in [1.807, 2.05) is 37.4 Å². The normalized spacial score (nSPS) is 10.1. The van der Waals surface area contributed by atoms with E-state index in [2.05, 4.69) is 31.1 Å². The molecule has 1 aromatic carbocycles. The van der Waals surface area contributed by atoms with Gasteiger partial charge in [-0.05, 0) is 34.1 Å². The number of hydrogen-bond acceptors (Lipinski definition) is 3. The number of nitrogens with zero attached hydrogens (tertiary/aromatic N) is 2. The van der Waals surface area contributed by atoms with E-state index in [9.17, 15) is 4.79 Å². The van der Waals surface area contributed by atoms with Crippen LogP contribution in [0.1, 0.15) is 10.4 Å². The summed E-state index contributed by atoms with van der Waals surface area (Å²) in [5.41, 5.74) is 1.69. The molecule has 0 aliphatic rings. The van der Waals surface area contributed by atoms with Crippen LogP contribution in [0, 0.1) is 0 Å². The molecular weight excluding hydrogens is 318 g/mol. The van der Waals surface area contributed by atoms with Crippen LogP contribution in [0.4, 0.5) is 5.69 Å². The first kappa shape index (κ1) is 14.5. The summed E-state index contributed by atoms with van der Waals surface area (Å²) < 4.78 is 0.798. The standard InChI is InChI=1S/C15H16BrN3O/c1-19(14-5-3-2-4-6-14)8-7-18-15(20)12-9-13(16)11-17-10-12/h2-6,9-11H,7-8H2,1H3,(H,18,20). The number of carbonyl (C=O) groups is 1. The summed E-state index contributed by atoms with van der Waals surface area (Å²) in [4.78, 5) is 18.0. The molecule has 0 saturated carbocycles. The first-order valence-electron chi connectivity index (χ1n) is 6.32. The maximum Gasteiger partial charge on any atom is 0.252 e. The number of anilines is 1. The maximum absolute atomic E-state index is 11.9. The molecule has 0 bridgehead atoms. The number of amides is 1. The molecular formula is C15H16BrN3O. The number of halogens is 1. The second-order valence-corrected chi connectivity index (χ2v) is 5.32. The Kier molecular flexibility index (Phi) is 5.12. The Morgan fingerprint density at radius 1 is 1.30 bits per heavy atom. The van der Waals surface area contributed by atoms with E-state index >= 15 is 0 Å². The number of benzene rings is 1. The van der Waals surface area contributed by atoms with Crippen molar-refractivity contribution in [3.05, 3.63) is 58.8 Å². The van der Waals surface area contributed by atoms with Gasteiger partial charge in [-0.1, -0.05) is 18.2 Å². The number of nitrogens with one attached hydrogen (secondary N) is 1. The van der Waals surface area contributed by atoms with E-state index in [4.69, 9.17) is 0 Å². The van der Waals surface area contributed by atoms with Crippen LogP contribution in [-0.2, 0) is 0 Å². The number of carbonyl (C=O) groups excluding carboxylic acids is 1. The Balaban J connectivity index is 1.83. The molecule has 4 nitrogen and oxygen atoms in total. The zero-order valence-electron chi connectivity index (χ0n) is 11.2. The predicted molar refractivity (Wildman–Crippen MR) is 84.0 cm³/mol. The summed E-state index contributed by atoms with van der Waals surface area (Å²) in [6.45, 7) is 1.33. The molecule has 2 aromatic rings. The van der Waals surface area contributed by atoms with Crippen LogP contribution in [0.3, 0.4) is 0 Å². The van der Waals surface area contributed by atoms with Crippen molar-refractivity contribution >= 4 is 27.5 Å². The van der Waals surface area contributed by atoms with Crippen LogP contribution in [0.2, 0.25) is 0 Å². The summed E-state index contributed by atoms with van der Waals surface area (Å²) in [6.07, 6.45) is 3.21. The fraction of sp³-hybridized carbons (Fsp3) is 0.200. The molecule has 1 aromatic heterocycles. The van der Waals surface area contributed by atoms with Gasteiger partial charge in [0.1, 0.15) is 0 Å². The fourth-order valence-corrected chi connectivity index (χ4v) is 2.15. The van der Waals surface area contributed by atoms with E-state index in [0.717, 1.165) is 16.7 Å². The highest BCUT2D eigenvalue weighted by Gasteiger charge is 2.06. The molecule has 1 heterocycles. The van der Waals surface area contributed by atoms with Crippen molar-refractivity contribution in [1.29, 1.82) is 0 Å². The Hall–Kier alpha value is -1.88. The largest absolute Gasteiger partial charge is 0.373 e. The van der Waals surface area contributed by atoms with Gasteiger partial charge in [-0.15, -0.1) is 0 Å². The number of aromatic nitrogens is 1. The van der Waals surface area contributed by atoms with Gasteiger partial charge >= 0.3 is 0 Å². The van der Waals surface area contributed by atoms with E-state index in [1.54, 1.807) is 18.5 Å². The smallest absolute Gasteiger partial charge is 0.252 e. The molecule has 0 fully saturated rings. The number of hydrogen-bond donors (Lipinski definition) is 1. The van der Waals surface area contributed by atoms with Crippen LogP contribution in [0.15, 0.2) is 53.3 Å². The highest BCUT2D eigenvalue weighted by Crippen LogP contribution is 2.10. The Bertz CT molecular complexity index is 574. The number of pyridine rings is 1. The van der Waals surface area contributed by atoms with Gasteiger partial charge < -0.3 is 10.2 Å². The predicted octanol–water partition coefficient (Wildman–Crippen LogP) is 2.71. The average molecular weight is 334 g/mol. The molecule has 1 N–H and O–H groups in total. The first-order valence-corrected chi connectivity index (χ1v) is 7.11. The molecule has 2 rings (SSSR count). The summed E-state index contributed by atoms with van der Waals surface area (Å²) in [5.74, 6) is -0.111. The van der Waals surface area contributed by atoms with Crippen LogP contribution in [0.25, 0.3) is 0 Å². The molecule has 0 spiro atoms. The molecule has 1 amide bonds. The molecule has 104 valence electrons. The van der Waals surface area contributed by atoms with E-state index in [0.29, 0.717) is 12.1 Å². The lowest BCUT2D eigenvalue weighted by Crippen LogP contribution is -2.33. The van der Waals surface area contributed by atoms with Crippen molar-refractivity contribution in [2.75, 3.05) is 25.0 Å². The topological polar surface area (TPSA) is 45.2 Å². The van der Waals surface area contributed by atoms with Crippen molar-refractivity contribution in [3.8, 4) is 0 Å². The van der Waals surface area contributed by atoms with Gasteiger partial charge in [0.25, 0.3) is 5.91 Å². The van der Waals surface area contributed by atoms with Gasteiger partial charge in [0.05, 0.1) is 5.56 Å². The van der Waals surface area contributed by atoms with E-state index in [-0.39, 0.29) is 5.91 Å². The highest BCUT2D eigenvalue weighted by molar-refractivity contribution is 9.10. The summed E-state index contributed by atoms with van der Waals surface area (Å²) in [5, 5.41) is 2.89. The molecule has 5 heteroatoms. The third-order valence-electron chi connectivity index (χ3n) is 2.90. The molecule has 0 saturated heterocycles.